The average molecular weight is 281 g/mol. The van der Waals surface area contributed by atoms with Crippen LogP contribution in [0.25, 0.3) is 0 Å². The van der Waals surface area contributed by atoms with Gasteiger partial charge in [-0.2, -0.15) is 13.2 Å². The van der Waals surface area contributed by atoms with E-state index in [0.29, 0.717) is 5.02 Å². The van der Waals surface area contributed by atoms with Gasteiger partial charge in [0.25, 0.3) is 0 Å². The lowest BCUT2D eigenvalue weighted by molar-refractivity contribution is -0.166. The van der Waals surface area contributed by atoms with Gasteiger partial charge in [0.2, 0.25) is 0 Å². The third-order valence-electron chi connectivity index (χ3n) is 2.34. The van der Waals surface area contributed by atoms with Crippen molar-refractivity contribution in [3.8, 4) is 0 Å². The van der Waals surface area contributed by atoms with Crippen LogP contribution in [0.1, 0.15) is 24.8 Å². The number of alkyl halides is 3. The predicted molar refractivity (Wildman–Crippen MR) is 61.5 cm³/mol. The third-order valence-corrected chi connectivity index (χ3v) is 2.60. The van der Waals surface area contributed by atoms with Crippen LogP contribution >= 0.6 is 11.6 Å². The van der Waals surface area contributed by atoms with Crippen molar-refractivity contribution in [2.45, 2.75) is 25.4 Å². The van der Waals surface area contributed by atoms with Crippen molar-refractivity contribution in [1.29, 1.82) is 0 Å². The van der Waals surface area contributed by atoms with Crippen LogP contribution in [0.2, 0.25) is 5.02 Å². The monoisotopic (exact) mass is 280 g/mol. The second-order valence-corrected chi connectivity index (χ2v) is 4.09. The van der Waals surface area contributed by atoms with Crippen LogP contribution in [0, 0.1) is 0 Å². The molecule has 0 saturated carbocycles. The number of benzene rings is 1. The number of carbonyl (C=O) groups is 1. The number of halogens is 4. The van der Waals surface area contributed by atoms with Gasteiger partial charge in [-0.05, 0) is 24.6 Å². The molecule has 1 rings (SSSR count). The Morgan fingerprint density at radius 1 is 1.33 bits per heavy atom. The number of hydrogen-bond donors (Lipinski definition) is 0. The van der Waals surface area contributed by atoms with E-state index in [1.807, 2.05) is 0 Å². The lowest BCUT2D eigenvalue weighted by Gasteiger charge is -2.19. The van der Waals surface area contributed by atoms with Gasteiger partial charge in [-0.15, -0.1) is 0 Å². The molecule has 1 aromatic carbocycles. The molecule has 1 aromatic rings. The Bertz CT molecular complexity index is 401. The molecule has 0 aliphatic rings. The fourth-order valence-corrected chi connectivity index (χ4v) is 1.63. The predicted octanol–water partition coefficient (Wildman–Crippen LogP) is 3.94. The van der Waals surface area contributed by atoms with Crippen molar-refractivity contribution in [2.24, 2.45) is 0 Å². The summed E-state index contributed by atoms with van der Waals surface area (Å²) in [6.07, 6.45) is -5.22. The van der Waals surface area contributed by atoms with Crippen LogP contribution in [0.3, 0.4) is 0 Å². The molecular formula is C12H12ClF3O2. The first-order valence-corrected chi connectivity index (χ1v) is 5.70. The fraction of sp³-hybridized carbons (Fsp3) is 0.417. The summed E-state index contributed by atoms with van der Waals surface area (Å²) < 4.78 is 43.1. The molecule has 0 bridgehead atoms. The van der Waals surface area contributed by atoms with E-state index in [2.05, 4.69) is 4.74 Å². The summed E-state index contributed by atoms with van der Waals surface area (Å²) >= 11 is 5.61. The van der Waals surface area contributed by atoms with Gasteiger partial charge in [0.05, 0.1) is 18.9 Å². The molecule has 0 radical (unpaired) electrons. The molecule has 1 unspecified atom stereocenters. The van der Waals surface area contributed by atoms with E-state index in [4.69, 9.17) is 11.6 Å². The molecule has 6 heteroatoms. The van der Waals surface area contributed by atoms with Gasteiger partial charge in [0.15, 0.2) is 0 Å². The third kappa shape index (κ3) is 4.22. The van der Waals surface area contributed by atoms with E-state index in [0.717, 1.165) is 0 Å². The highest BCUT2D eigenvalue weighted by atomic mass is 35.5. The quantitative estimate of drug-likeness (QED) is 0.781. The van der Waals surface area contributed by atoms with Crippen molar-refractivity contribution >= 4 is 17.6 Å². The van der Waals surface area contributed by atoms with Crippen molar-refractivity contribution in [1.82, 2.24) is 0 Å². The summed E-state index contributed by atoms with van der Waals surface area (Å²) in [6.45, 7) is 1.60. The molecule has 2 nitrogen and oxygen atoms in total. The second-order valence-electron chi connectivity index (χ2n) is 3.65. The minimum Gasteiger partial charge on any atom is -0.466 e. The normalized spacial score (nSPS) is 13.2. The first-order valence-electron chi connectivity index (χ1n) is 5.32. The minimum atomic E-state index is -4.50. The Morgan fingerprint density at radius 3 is 2.33 bits per heavy atom. The maximum absolute atomic E-state index is 12.9. The number of esters is 1. The second kappa shape index (κ2) is 6.09. The van der Waals surface area contributed by atoms with E-state index in [1.54, 1.807) is 6.92 Å². The van der Waals surface area contributed by atoms with Gasteiger partial charge in [0.1, 0.15) is 0 Å². The number of carbonyl (C=O) groups excluding carboxylic acids is 1. The van der Waals surface area contributed by atoms with E-state index in [-0.39, 0.29) is 12.2 Å². The Balaban J connectivity index is 2.92. The van der Waals surface area contributed by atoms with Gasteiger partial charge in [-0.3, -0.25) is 4.79 Å². The van der Waals surface area contributed by atoms with Gasteiger partial charge in [-0.1, -0.05) is 23.7 Å². The van der Waals surface area contributed by atoms with Gasteiger partial charge >= 0.3 is 12.1 Å². The molecule has 0 N–H and O–H groups in total. The summed E-state index contributed by atoms with van der Waals surface area (Å²) in [5.74, 6) is -2.73. The van der Waals surface area contributed by atoms with Crippen LogP contribution < -0.4 is 0 Å². The first kappa shape index (κ1) is 14.8. The van der Waals surface area contributed by atoms with Crippen molar-refractivity contribution in [2.75, 3.05) is 6.61 Å². The number of rotatable bonds is 4. The molecule has 0 aromatic heterocycles. The fourth-order valence-electron chi connectivity index (χ4n) is 1.50. The maximum Gasteiger partial charge on any atom is 0.396 e. The molecule has 100 valence electrons. The number of hydrogen-bond acceptors (Lipinski definition) is 2. The van der Waals surface area contributed by atoms with Crippen LogP contribution in [-0.2, 0) is 9.53 Å². The highest BCUT2D eigenvalue weighted by Gasteiger charge is 2.42. The van der Waals surface area contributed by atoms with Crippen LogP contribution in [-0.4, -0.2) is 18.8 Å². The highest BCUT2D eigenvalue weighted by molar-refractivity contribution is 6.30. The van der Waals surface area contributed by atoms with Gasteiger partial charge < -0.3 is 4.74 Å². The van der Waals surface area contributed by atoms with E-state index in [9.17, 15) is 18.0 Å². The van der Waals surface area contributed by atoms with Crippen molar-refractivity contribution in [3.05, 3.63) is 34.9 Å². The zero-order valence-electron chi connectivity index (χ0n) is 9.63. The summed E-state index contributed by atoms with van der Waals surface area (Å²) in [5, 5.41) is 0.343. The van der Waals surface area contributed by atoms with Crippen molar-refractivity contribution < 1.29 is 22.7 Å². The molecule has 0 fully saturated rings. The van der Waals surface area contributed by atoms with Crippen LogP contribution in [0.15, 0.2) is 24.3 Å². The summed E-state index contributed by atoms with van der Waals surface area (Å²) in [6, 6.07) is 5.25. The van der Waals surface area contributed by atoms with E-state index in [1.165, 1.54) is 24.3 Å². The first-order chi connectivity index (χ1) is 8.34. The van der Waals surface area contributed by atoms with E-state index >= 15 is 0 Å². The summed E-state index contributed by atoms with van der Waals surface area (Å²) in [4.78, 5) is 11.2. The lowest BCUT2D eigenvalue weighted by atomic mass is 9.95. The smallest absolute Gasteiger partial charge is 0.396 e. The Morgan fingerprint density at radius 2 is 1.89 bits per heavy atom. The average Bonchev–Trinajstić information content (AvgIpc) is 2.26. The molecule has 0 amide bonds. The molecule has 0 spiro atoms. The van der Waals surface area contributed by atoms with Gasteiger partial charge in [0, 0.05) is 5.02 Å². The van der Waals surface area contributed by atoms with E-state index < -0.39 is 24.5 Å². The zero-order chi connectivity index (χ0) is 13.8. The molecule has 0 heterocycles. The summed E-state index contributed by atoms with van der Waals surface area (Å²) in [5.41, 5.74) is -0.0000435. The SMILES string of the molecule is CCOC(=O)CC(c1ccc(Cl)cc1)C(F)(F)F. The molecule has 0 saturated heterocycles. The Labute approximate surface area is 108 Å². The number of ether oxygens (including phenoxy) is 1. The molecule has 0 aliphatic carbocycles. The Hall–Kier alpha value is -1.23. The lowest BCUT2D eigenvalue weighted by Crippen LogP contribution is -2.24. The largest absolute Gasteiger partial charge is 0.466 e. The molecule has 1 atom stereocenters. The molecular weight excluding hydrogens is 269 g/mol. The van der Waals surface area contributed by atoms with Crippen LogP contribution in [0.5, 0.6) is 0 Å². The summed E-state index contributed by atoms with van der Waals surface area (Å²) in [7, 11) is 0. The minimum absolute atomic E-state index is 0.0000435. The van der Waals surface area contributed by atoms with Crippen molar-refractivity contribution in [3.63, 3.8) is 0 Å². The topological polar surface area (TPSA) is 26.3 Å². The standard InChI is InChI=1S/C12H12ClF3O2/c1-2-18-11(17)7-10(12(14,15)16)8-3-5-9(13)6-4-8/h3-6,10H,2,7H2,1H3. The molecule has 18 heavy (non-hydrogen) atoms. The highest BCUT2D eigenvalue weighted by Crippen LogP contribution is 2.37. The zero-order valence-corrected chi connectivity index (χ0v) is 10.4. The van der Waals surface area contributed by atoms with Gasteiger partial charge in [-0.25, -0.2) is 0 Å². The van der Waals surface area contributed by atoms with Crippen LogP contribution in [0.4, 0.5) is 13.2 Å². The maximum atomic E-state index is 12.9. The Kier molecular flexibility index (Phi) is 5.02. The molecule has 0 aliphatic heterocycles.